The van der Waals surface area contributed by atoms with Crippen LogP contribution in [0, 0.1) is 0 Å². The molecule has 0 atom stereocenters. The average Bonchev–Trinajstić information content (AvgIpc) is 2.88. The Balaban J connectivity index is 0.00000264. The fourth-order valence-electron chi connectivity index (χ4n) is 2.65. The Hall–Kier alpha value is -1.36. The second-order valence-corrected chi connectivity index (χ2v) is 7.13. The molecule has 1 aromatic carbocycles. The van der Waals surface area contributed by atoms with Crippen molar-refractivity contribution in [1.82, 2.24) is 20.4 Å². The highest BCUT2D eigenvalue weighted by molar-refractivity contribution is 5.85. The van der Waals surface area contributed by atoms with Gasteiger partial charge in [0.1, 0.15) is 0 Å². The van der Waals surface area contributed by atoms with Gasteiger partial charge in [0, 0.05) is 36.3 Å². The highest BCUT2D eigenvalue weighted by atomic mass is 35.5. The van der Waals surface area contributed by atoms with Gasteiger partial charge in [-0.3, -0.25) is 5.10 Å². The number of nitrogens with zero attached hydrogens (tertiary/aromatic N) is 2. The lowest BCUT2D eigenvalue weighted by molar-refractivity contribution is 0.400. The third-order valence-corrected chi connectivity index (χ3v) is 3.70. The van der Waals surface area contributed by atoms with E-state index in [0.717, 1.165) is 19.6 Å². The van der Waals surface area contributed by atoms with Crippen molar-refractivity contribution in [3.8, 4) is 0 Å². The summed E-state index contributed by atoms with van der Waals surface area (Å²) in [7, 11) is 4.20. The summed E-state index contributed by atoms with van der Waals surface area (Å²) in [4.78, 5) is 2.20. The van der Waals surface area contributed by atoms with Crippen LogP contribution in [0.1, 0.15) is 43.2 Å². The van der Waals surface area contributed by atoms with Crippen LogP contribution in [-0.4, -0.2) is 29.2 Å². The first-order chi connectivity index (χ1) is 10.4. The number of H-pyrrole nitrogens is 1. The average molecular weight is 337 g/mol. The predicted molar refractivity (Wildman–Crippen MR) is 98.9 cm³/mol. The first-order valence-corrected chi connectivity index (χ1v) is 7.83. The molecule has 1 aromatic heterocycles. The van der Waals surface area contributed by atoms with Gasteiger partial charge in [0.2, 0.25) is 0 Å². The zero-order valence-corrected chi connectivity index (χ0v) is 15.6. The molecule has 2 N–H and O–H groups in total. The van der Waals surface area contributed by atoms with Crippen LogP contribution in [-0.2, 0) is 25.0 Å². The maximum atomic E-state index is 4.20. The van der Waals surface area contributed by atoms with Gasteiger partial charge < -0.3 is 10.2 Å². The lowest BCUT2D eigenvalue weighted by Gasteiger charge is -2.19. The highest BCUT2D eigenvalue weighted by Gasteiger charge is 2.19. The summed E-state index contributed by atoms with van der Waals surface area (Å²) in [5.41, 5.74) is 5.29. The van der Waals surface area contributed by atoms with Crippen LogP contribution in [0.25, 0.3) is 0 Å². The van der Waals surface area contributed by atoms with E-state index in [-0.39, 0.29) is 17.8 Å². The highest BCUT2D eigenvalue weighted by Crippen LogP contribution is 2.23. The van der Waals surface area contributed by atoms with Crippen molar-refractivity contribution >= 4 is 12.4 Å². The Morgan fingerprint density at radius 2 is 1.65 bits per heavy atom. The van der Waals surface area contributed by atoms with Gasteiger partial charge in [-0.05, 0) is 25.2 Å². The summed E-state index contributed by atoms with van der Waals surface area (Å²) < 4.78 is 0. The van der Waals surface area contributed by atoms with Crippen LogP contribution in [0.5, 0.6) is 0 Å². The van der Waals surface area contributed by atoms with Crippen molar-refractivity contribution in [2.75, 3.05) is 14.1 Å². The fourth-order valence-corrected chi connectivity index (χ4v) is 2.65. The van der Waals surface area contributed by atoms with Crippen molar-refractivity contribution < 1.29 is 0 Å². The smallest absolute Gasteiger partial charge is 0.0535 e. The Morgan fingerprint density at radius 1 is 1.04 bits per heavy atom. The van der Waals surface area contributed by atoms with Gasteiger partial charge >= 0.3 is 0 Å². The minimum atomic E-state index is 0. The van der Waals surface area contributed by atoms with Crippen LogP contribution in [0.2, 0.25) is 0 Å². The zero-order valence-electron chi connectivity index (χ0n) is 14.8. The minimum Gasteiger partial charge on any atom is -0.308 e. The topological polar surface area (TPSA) is 44.0 Å². The maximum Gasteiger partial charge on any atom is 0.0535 e. The van der Waals surface area contributed by atoms with Gasteiger partial charge in [-0.25, -0.2) is 0 Å². The maximum absolute atomic E-state index is 4.20. The summed E-state index contributed by atoms with van der Waals surface area (Å²) in [6, 6.07) is 8.62. The molecule has 0 aliphatic carbocycles. The predicted octanol–water partition coefficient (Wildman–Crippen LogP) is 3.48. The Labute approximate surface area is 146 Å². The van der Waals surface area contributed by atoms with E-state index in [1.165, 1.54) is 22.4 Å². The molecule has 4 nitrogen and oxygen atoms in total. The molecule has 0 spiro atoms. The molecule has 0 unspecified atom stereocenters. The lowest BCUT2D eigenvalue weighted by atomic mass is 9.89. The number of aromatic nitrogens is 2. The first kappa shape index (κ1) is 19.7. The summed E-state index contributed by atoms with van der Waals surface area (Å²) >= 11 is 0. The van der Waals surface area contributed by atoms with E-state index in [1.807, 2.05) is 6.20 Å². The van der Waals surface area contributed by atoms with Gasteiger partial charge in [-0.1, -0.05) is 45.0 Å². The van der Waals surface area contributed by atoms with Crippen molar-refractivity contribution in [3.63, 3.8) is 0 Å². The van der Waals surface area contributed by atoms with E-state index in [4.69, 9.17) is 0 Å². The normalized spacial score (nSPS) is 11.6. The van der Waals surface area contributed by atoms with Gasteiger partial charge in [0.05, 0.1) is 6.20 Å². The molecule has 23 heavy (non-hydrogen) atoms. The summed E-state index contributed by atoms with van der Waals surface area (Å²) in [5, 5.41) is 10.9. The molecule has 128 valence electrons. The largest absolute Gasteiger partial charge is 0.308 e. The van der Waals surface area contributed by atoms with E-state index in [1.54, 1.807) is 0 Å². The van der Waals surface area contributed by atoms with Crippen molar-refractivity contribution in [3.05, 3.63) is 52.8 Å². The molecule has 2 aromatic rings. The molecule has 0 amide bonds. The van der Waals surface area contributed by atoms with Crippen LogP contribution in [0.15, 0.2) is 30.5 Å². The van der Waals surface area contributed by atoms with Gasteiger partial charge in [0.25, 0.3) is 0 Å². The van der Waals surface area contributed by atoms with Crippen LogP contribution in [0.4, 0.5) is 0 Å². The standard InChI is InChI=1S/C18H28N4.ClH/c1-18(2,3)17-16(12-20-21-17)11-19-10-14-8-6-7-9-15(14)13-22(4)5;/h6-9,12,19H,10-11,13H2,1-5H3,(H,20,21);1H. The number of aromatic amines is 1. The number of hydrogen-bond acceptors (Lipinski definition) is 3. The number of rotatable bonds is 6. The van der Waals surface area contributed by atoms with Crippen LogP contribution in [0.3, 0.4) is 0 Å². The third-order valence-electron chi connectivity index (χ3n) is 3.70. The second kappa shape index (κ2) is 8.48. The summed E-state index contributed by atoms with van der Waals surface area (Å²) in [5.74, 6) is 0. The van der Waals surface area contributed by atoms with Crippen LogP contribution >= 0.6 is 12.4 Å². The molecule has 1 heterocycles. The molecule has 0 aliphatic heterocycles. The van der Waals surface area contributed by atoms with E-state index in [0.29, 0.717) is 0 Å². The molecule has 0 saturated carbocycles. The van der Waals surface area contributed by atoms with Gasteiger partial charge in [0.15, 0.2) is 0 Å². The van der Waals surface area contributed by atoms with E-state index >= 15 is 0 Å². The summed E-state index contributed by atoms with van der Waals surface area (Å²) in [6.45, 7) is 9.29. The molecule has 2 rings (SSSR count). The molecule has 0 saturated heterocycles. The quantitative estimate of drug-likeness (QED) is 0.848. The zero-order chi connectivity index (χ0) is 16.2. The van der Waals surface area contributed by atoms with E-state index in [2.05, 4.69) is 79.5 Å². The summed E-state index contributed by atoms with van der Waals surface area (Å²) in [6.07, 6.45) is 1.93. The van der Waals surface area contributed by atoms with E-state index < -0.39 is 0 Å². The molecule has 0 aliphatic rings. The molecule has 0 bridgehead atoms. The number of nitrogens with one attached hydrogen (secondary N) is 2. The van der Waals surface area contributed by atoms with Gasteiger partial charge in [-0.15, -0.1) is 12.4 Å². The van der Waals surface area contributed by atoms with Crippen molar-refractivity contribution in [1.29, 1.82) is 0 Å². The Kier molecular flexibility index (Phi) is 7.26. The van der Waals surface area contributed by atoms with Gasteiger partial charge in [-0.2, -0.15) is 5.10 Å². The first-order valence-electron chi connectivity index (χ1n) is 7.83. The van der Waals surface area contributed by atoms with E-state index in [9.17, 15) is 0 Å². The number of benzene rings is 1. The Bertz CT molecular complexity index is 599. The SMILES string of the molecule is CN(C)Cc1ccccc1CNCc1cn[nH]c1C(C)(C)C.Cl. The third kappa shape index (κ3) is 5.65. The van der Waals surface area contributed by atoms with Crippen LogP contribution < -0.4 is 5.32 Å². The molecule has 0 fully saturated rings. The second-order valence-electron chi connectivity index (χ2n) is 7.13. The monoisotopic (exact) mass is 336 g/mol. The molecule has 0 radical (unpaired) electrons. The Morgan fingerprint density at radius 3 is 2.26 bits per heavy atom. The molecular formula is C18H29ClN4. The number of hydrogen-bond donors (Lipinski definition) is 2. The molecule has 5 heteroatoms. The minimum absolute atomic E-state index is 0. The molecular weight excluding hydrogens is 308 g/mol. The fraction of sp³-hybridized carbons (Fsp3) is 0.500. The van der Waals surface area contributed by atoms with Crippen molar-refractivity contribution in [2.45, 2.75) is 45.8 Å². The van der Waals surface area contributed by atoms with Crippen molar-refractivity contribution in [2.24, 2.45) is 0 Å². The number of halogens is 1. The lowest BCUT2D eigenvalue weighted by Crippen LogP contribution is -2.20.